The molecular formula is C23H25N5S2. The maximum Gasteiger partial charge on any atom is 0.189 e. The Bertz CT molecular complexity index is 1220. The highest BCUT2D eigenvalue weighted by atomic mass is 32.2. The molecule has 0 spiro atoms. The van der Waals surface area contributed by atoms with E-state index in [9.17, 15) is 0 Å². The van der Waals surface area contributed by atoms with Crippen molar-refractivity contribution in [2.75, 3.05) is 11.6 Å². The van der Waals surface area contributed by atoms with E-state index in [-0.39, 0.29) is 0 Å². The van der Waals surface area contributed by atoms with Crippen LogP contribution in [0, 0.1) is 5.92 Å². The summed E-state index contributed by atoms with van der Waals surface area (Å²) in [6, 6.07) is 5.97. The lowest BCUT2D eigenvalue weighted by molar-refractivity contribution is 0.632. The van der Waals surface area contributed by atoms with E-state index in [0.717, 1.165) is 51.0 Å². The Morgan fingerprint density at radius 1 is 1.13 bits per heavy atom. The molecule has 0 aliphatic heterocycles. The van der Waals surface area contributed by atoms with E-state index in [2.05, 4.69) is 24.1 Å². The number of aromatic nitrogens is 4. The van der Waals surface area contributed by atoms with Crippen LogP contribution in [0.3, 0.4) is 0 Å². The Morgan fingerprint density at radius 2 is 2.00 bits per heavy atom. The van der Waals surface area contributed by atoms with Gasteiger partial charge >= 0.3 is 0 Å². The van der Waals surface area contributed by atoms with Gasteiger partial charge in [-0.05, 0) is 61.1 Å². The molecule has 0 fully saturated rings. The third-order valence-corrected chi connectivity index (χ3v) is 7.17. The van der Waals surface area contributed by atoms with Crippen molar-refractivity contribution in [1.29, 1.82) is 0 Å². The van der Waals surface area contributed by atoms with Gasteiger partial charge < -0.3 is 5.32 Å². The fraction of sp³-hybridized carbons (Fsp3) is 0.391. The predicted molar refractivity (Wildman–Crippen MR) is 127 cm³/mol. The van der Waals surface area contributed by atoms with Gasteiger partial charge in [0.1, 0.15) is 10.6 Å². The molecular weight excluding hydrogens is 410 g/mol. The van der Waals surface area contributed by atoms with Gasteiger partial charge in [-0.3, -0.25) is 4.98 Å². The van der Waals surface area contributed by atoms with Crippen LogP contribution < -0.4 is 5.32 Å². The number of nitrogens with one attached hydrogen (secondary N) is 1. The zero-order valence-corrected chi connectivity index (χ0v) is 19.2. The number of anilines is 1. The van der Waals surface area contributed by atoms with Crippen LogP contribution in [0.4, 0.5) is 5.82 Å². The van der Waals surface area contributed by atoms with Crippen molar-refractivity contribution < 1.29 is 0 Å². The van der Waals surface area contributed by atoms with Crippen molar-refractivity contribution in [3.63, 3.8) is 0 Å². The van der Waals surface area contributed by atoms with E-state index in [1.807, 2.05) is 30.7 Å². The quantitative estimate of drug-likeness (QED) is 0.312. The maximum atomic E-state index is 5.14. The van der Waals surface area contributed by atoms with Crippen molar-refractivity contribution in [2.45, 2.75) is 51.2 Å². The van der Waals surface area contributed by atoms with Crippen molar-refractivity contribution in [3.8, 4) is 0 Å². The van der Waals surface area contributed by atoms with Gasteiger partial charge in [-0.15, -0.1) is 11.3 Å². The van der Waals surface area contributed by atoms with Gasteiger partial charge in [0.15, 0.2) is 5.16 Å². The van der Waals surface area contributed by atoms with Gasteiger partial charge in [-0.2, -0.15) is 0 Å². The number of aryl methyl sites for hydroxylation is 1. The first-order chi connectivity index (χ1) is 14.6. The lowest BCUT2D eigenvalue weighted by atomic mass is 9.99. The number of nitrogens with zero attached hydrogens (tertiary/aromatic N) is 4. The number of rotatable bonds is 6. The highest BCUT2D eigenvalue weighted by Gasteiger charge is 2.25. The smallest absolute Gasteiger partial charge is 0.189 e. The third kappa shape index (κ3) is 3.54. The molecule has 1 aliphatic carbocycles. The number of fused-ring (bicyclic) bond motifs is 5. The fourth-order valence-corrected chi connectivity index (χ4v) is 5.76. The first kappa shape index (κ1) is 19.7. The summed E-state index contributed by atoms with van der Waals surface area (Å²) in [7, 11) is 0. The van der Waals surface area contributed by atoms with Crippen molar-refractivity contribution in [1.82, 2.24) is 19.9 Å². The Labute approximate surface area is 184 Å². The normalized spacial score (nSPS) is 13.5. The SMILES string of the molecule is CSc1nc(NCc2ccccn2)c2sc3nc(CC(C)C)c4c(c3c2n1)CCC4. The minimum Gasteiger partial charge on any atom is -0.363 e. The van der Waals surface area contributed by atoms with E-state index in [4.69, 9.17) is 15.0 Å². The first-order valence-electron chi connectivity index (χ1n) is 10.5. The zero-order valence-electron chi connectivity index (χ0n) is 17.5. The van der Waals surface area contributed by atoms with Crippen LogP contribution in [0.25, 0.3) is 20.4 Å². The molecule has 7 heteroatoms. The molecule has 154 valence electrons. The molecule has 0 bridgehead atoms. The molecule has 0 atom stereocenters. The van der Waals surface area contributed by atoms with Crippen LogP contribution in [0.2, 0.25) is 0 Å². The molecule has 0 saturated carbocycles. The fourth-order valence-electron chi connectivity index (χ4n) is 4.27. The summed E-state index contributed by atoms with van der Waals surface area (Å²) in [4.78, 5) is 20.4. The van der Waals surface area contributed by atoms with E-state index in [1.165, 1.54) is 28.6 Å². The summed E-state index contributed by atoms with van der Waals surface area (Å²) in [6.45, 7) is 5.18. The predicted octanol–water partition coefficient (Wildman–Crippen LogP) is 5.66. The molecule has 0 amide bonds. The molecule has 1 N–H and O–H groups in total. The van der Waals surface area contributed by atoms with Crippen molar-refractivity contribution in [2.24, 2.45) is 5.92 Å². The second-order valence-electron chi connectivity index (χ2n) is 8.16. The van der Waals surface area contributed by atoms with Crippen molar-refractivity contribution in [3.05, 3.63) is 46.9 Å². The summed E-state index contributed by atoms with van der Waals surface area (Å²) in [5.74, 6) is 1.49. The first-order valence-corrected chi connectivity index (χ1v) is 12.5. The number of thiophene rings is 1. The summed E-state index contributed by atoms with van der Waals surface area (Å²) in [5, 5.41) is 5.56. The van der Waals surface area contributed by atoms with Crippen LogP contribution in [0.15, 0.2) is 29.6 Å². The van der Waals surface area contributed by atoms with Gasteiger partial charge in [0, 0.05) is 17.3 Å². The van der Waals surface area contributed by atoms with E-state index in [1.54, 1.807) is 23.1 Å². The third-order valence-electron chi connectivity index (χ3n) is 5.55. The average Bonchev–Trinajstić information content (AvgIpc) is 3.36. The monoisotopic (exact) mass is 435 g/mol. The van der Waals surface area contributed by atoms with Crippen LogP contribution in [-0.2, 0) is 25.8 Å². The number of pyridine rings is 2. The van der Waals surface area contributed by atoms with Crippen LogP contribution in [-0.4, -0.2) is 26.2 Å². The van der Waals surface area contributed by atoms with Gasteiger partial charge in [-0.1, -0.05) is 31.7 Å². The minimum atomic E-state index is 0.604. The molecule has 30 heavy (non-hydrogen) atoms. The van der Waals surface area contributed by atoms with Gasteiger partial charge in [0.2, 0.25) is 0 Å². The Balaban J connectivity index is 1.67. The van der Waals surface area contributed by atoms with E-state index >= 15 is 0 Å². The molecule has 5 nitrogen and oxygen atoms in total. The van der Waals surface area contributed by atoms with Gasteiger partial charge in [0.05, 0.1) is 22.5 Å². The van der Waals surface area contributed by atoms with Crippen LogP contribution >= 0.6 is 23.1 Å². The minimum absolute atomic E-state index is 0.604. The largest absolute Gasteiger partial charge is 0.363 e. The molecule has 4 heterocycles. The molecule has 4 aromatic rings. The maximum absolute atomic E-state index is 5.14. The Hall–Kier alpha value is -2.25. The molecule has 1 aliphatic rings. The number of hydrogen-bond donors (Lipinski definition) is 1. The highest BCUT2D eigenvalue weighted by molar-refractivity contribution is 7.98. The molecule has 0 radical (unpaired) electrons. The topological polar surface area (TPSA) is 63.6 Å². The molecule has 0 aromatic carbocycles. The second-order valence-corrected chi connectivity index (χ2v) is 9.93. The summed E-state index contributed by atoms with van der Waals surface area (Å²) >= 11 is 3.30. The Morgan fingerprint density at radius 3 is 2.77 bits per heavy atom. The lowest BCUT2D eigenvalue weighted by Gasteiger charge is -2.11. The second kappa shape index (κ2) is 8.12. The van der Waals surface area contributed by atoms with Crippen LogP contribution in [0.5, 0.6) is 0 Å². The van der Waals surface area contributed by atoms with E-state index in [0.29, 0.717) is 12.5 Å². The van der Waals surface area contributed by atoms with E-state index < -0.39 is 0 Å². The molecule has 0 unspecified atom stereocenters. The van der Waals surface area contributed by atoms with Crippen molar-refractivity contribution >= 4 is 49.3 Å². The average molecular weight is 436 g/mol. The number of thioether (sulfide) groups is 1. The van der Waals surface area contributed by atoms with Crippen LogP contribution in [0.1, 0.15) is 42.8 Å². The summed E-state index contributed by atoms with van der Waals surface area (Å²) in [6.07, 6.45) is 8.37. The number of hydrogen-bond acceptors (Lipinski definition) is 7. The highest BCUT2D eigenvalue weighted by Crippen LogP contribution is 2.42. The Kier molecular flexibility index (Phi) is 5.33. The zero-order chi connectivity index (χ0) is 20.7. The lowest BCUT2D eigenvalue weighted by Crippen LogP contribution is -2.04. The molecule has 5 rings (SSSR count). The van der Waals surface area contributed by atoms with Gasteiger partial charge in [0.25, 0.3) is 0 Å². The summed E-state index contributed by atoms with van der Waals surface area (Å²) < 4.78 is 1.10. The standard InChI is InChI=1S/C23H25N5S2/c1-13(2)11-17-15-8-6-9-16(15)18-19-20(30-22(18)26-17)21(28-23(27-19)29-3)25-12-14-7-4-5-10-24-14/h4-5,7,10,13H,6,8-9,11-12H2,1-3H3,(H,25,27,28). The van der Waals surface area contributed by atoms with Gasteiger partial charge in [-0.25, -0.2) is 15.0 Å². The molecule has 4 aromatic heterocycles. The molecule has 0 saturated heterocycles. The summed E-state index contributed by atoms with van der Waals surface area (Å²) in [5.41, 5.74) is 6.29.